The molecule has 0 aliphatic heterocycles. The number of methoxy groups -OCH3 is 1. The van der Waals surface area contributed by atoms with E-state index in [1.165, 1.54) is 0 Å². The maximum Gasteiger partial charge on any atom is 0.258 e. The molecule has 192 valence electrons. The summed E-state index contributed by atoms with van der Waals surface area (Å²) in [5.74, 6) is 7.21. The summed E-state index contributed by atoms with van der Waals surface area (Å²) in [6.07, 6.45) is 4.43. The molecule has 0 aromatic heterocycles. The van der Waals surface area contributed by atoms with Gasteiger partial charge in [0.25, 0.3) is 5.91 Å². The van der Waals surface area contributed by atoms with E-state index in [0.29, 0.717) is 30.3 Å². The Hall–Kier alpha value is -1.76. The van der Waals surface area contributed by atoms with Crippen molar-refractivity contribution in [3.05, 3.63) is 53.6 Å². The molecule has 0 radical (unpaired) electrons. The van der Waals surface area contributed by atoms with Crippen LogP contribution in [0.5, 0.6) is 17.2 Å². The summed E-state index contributed by atoms with van der Waals surface area (Å²) in [6, 6.07) is 13.4. The summed E-state index contributed by atoms with van der Waals surface area (Å²) in [7, 11) is 1.59. The van der Waals surface area contributed by atoms with E-state index in [1.807, 2.05) is 41.3 Å². The minimum atomic E-state index is -0.0103. The highest BCUT2D eigenvalue weighted by Crippen LogP contribution is 2.28. The zero-order chi connectivity index (χ0) is 25.6. The van der Waals surface area contributed by atoms with Gasteiger partial charge in [-0.25, -0.2) is 0 Å². The first-order valence-corrected chi connectivity index (χ1v) is 14.7. The maximum atomic E-state index is 13.3. The fourth-order valence-corrected chi connectivity index (χ4v) is 4.41. The van der Waals surface area contributed by atoms with Gasteiger partial charge in [0.1, 0.15) is 17.2 Å². The second kappa shape index (κ2) is 16.1. The molecule has 0 spiro atoms. The molecule has 0 saturated carbocycles. The molecule has 0 saturated heterocycles. The zero-order valence-corrected chi connectivity index (χ0v) is 24.9. The number of hydrogen-bond donors (Lipinski definition) is 1. The predicted molar refractivity (Wildman–Crippen MR) is 159 cm³/mol. The minimum Gasteiger partial charge on any atom is -0.496 e. The summed E-state index contributed by atoms with van der Waals surface area (Å²) in [6.45, 7) is 5.40. The Kier molecular flexibility index (Phi) is 13.5. The largest absolute Gasteiger partial charge is 0.496 e. The van der Waals surface area contributed by atoms with Gasteiger partial charge in [0.05, 0.1) is 32.1 Å². The fourth-order valence-electron chi connectivity index (χ4n) is 3.56. The molecule has 2 aromatic carbocycles. The molecule has 0 bridgehead atoms. The van der Waals surface area contributed by atoms with E-state index in [2.05, 4.69) is 64.1 Å². The van der Waals surface area contributed by atoms with Crippen LogP contribution < -0.4 is 20.1 Å². The summed E-state index contributed by atoms with van der Waals surface area (Å²) in [4.78, 5) is 15.3. The molecule has 7 nitrogen and oxygen atoms in total. The van der Waals surface area contributed by atoms with Gasteiger partial charge >= 0.3 is 0 Å². The average molecular weight is 707 g/mol. The van der Waals surface area contributed by atoms with Gasteiger partial charge in [-0.1, -0.05) is 45.2 Å². The summed E-state index contributed by atoms with van der Waals surface area (Å²) < 4.78 is 19.0. The lowest BCUT2D eigenvalue weighted by molar-refractivity contribution is 0.0653. The number of halogens is 2. The lowest BCUT2D eigenvalue weighted by Gasteiger charge is -2.33. The van der Waals surface area contributed by atoms with Crippen LogP contribution in [0.25, 0.3) is 0 Å². The third-order valence-electron chi connectivity index (χ3n) is 5.46. The number of alkyl halides is 2. The van der Waals surface area contributed by atoms with Crippen molar-refractivity contribution in [3.63, 3.8) is 0 Å². The van der Waals surface area contributed by atoms with Crippen LogP contribution in [0.4, 0.5) is 0 Å². The summed E-state index contributed by atoms with van der Waals surface area (Å²) >= 11 is 4.65. The average Bonchev–Trinajstić information content (AvgIpc) is 2.88. The minimum absolute atomic E-state index is 0.0103. The number of carbonyl (C=O) groups is 1. The first-order chi connectivity index (χ1) is 16.9. The molecule has 1 amide bonds. The molecular weight excluding hydrogens is 672 g/mol. The number of unbranched alkanes of at least 4 members (excludes halogenated alkanes) is 2. The first-order valence-electron chi connectivity index (χ1n) is 11.7. The number of amides is 1. The molecule has 35 heavy (non-hydrogen) atoms. The molecule has 0 aliphatic carbocycles. The van der Waals surface area contributed by atoms with E-state index in [4.69, 9.17) is 20.1 Å². The van der Waals surface area contributed by atoms with E-state index in [9.17, 15) is 4.79 Å². The molecule has 2 aromatic rings. The Bertz CT molecular complexity index is 931. The number of nitrogens with two attached hydrogens (primary N) is 1. The van der Waals surface area contributed by atoms with Crippen LogP contribution in [-0.4, -0.2) is 58.3 Å². The molecule has 0 aliphatic rings. The third-order valence-corrected chi connectivity index (χ3v) is 8.01. The Morgan fingerprint density at radius 2 is 1.54 bits per heavy atom. The SMILES string of the molecule is COc1cc(OCCCCCOc2ccc(C=NN)cc2)ccc1C(=O)N(C(C)CI)C(C)CI. The van der Waals surface area contributed by atoms with Crippen LogP contribution in [0.3, 0.4) is 0 Å². The van der Waals surface area contributed by atoms with Gasteiger partial charge in [-0.05, 0) is 75.1 Å². The summed E-state index contributed by atoms with van der Waals surface area (Å²) in [5, 5.41) is 3.51. The van der Waals surface area contributed by atoms with Crippen molar-refractivity contribution in [1.82, 2.24) is 4.90 Å². The zero-order valence-electron chi connectivity index (χ0n) is 20.6. The van der Waals surface area contributed by atoms with Gasteiger partial charge in [-0.15, -0.1) is 0 Å². The van der Waals surface area contributed by atoms with E-state index < -0.39 is 0 Å². The Labute approximate surface area is 236 Å². The van der Waals surface area contributed by atoms with Gasteiger partial charge in [0.2, 0.25) is 0 Å². The normalized spacial score (nSPS) is 12.8. The monoisotopic (exact) mass is 707 g/mol. The highest BCUT2D eigenvalue weighted by atomic mass is 127. The number of rotatable bonds is 15. The van der Waals surface area contributed by atoms with Gasteiger partial charge in [0.15, 0.2) is 0 Å². The highest BCUT2D eigenvalue weighted by molar-refractivity contribution is 14.1. The lowest BCUT2D eigenvalue weighted by atomic mass is 10.1. The van der Waals surface area contributed by atoms with Crippen molar-refractivity contribution in [2.75, 3.05) is 29.2 Å². The molecule has 0 heterocycles. The lowest BCUT2D eigenvalue weighted by Crippen LogP contribution is -2.46. The molecule has 2 N–H and O–H groups in total. The van der Waals surface area contributed by atoms with Crippen LogP contribution in [0.2, 0.25) is 0 Å². The van der Waals surface area contributed by atoms with Gasteiger partial charge in [0, 0.05) is 27.0 Å². The topological polar surface area (TPSA) is 86.4 Å². The summed E-state index contributed by atoms with van der Waals surface area (Å²) in [5.41, 5.74) is 1.50. The molecule has 9 heteroatoms. The van der Waals surface area contributed by atoms with Crippen molar-refractivity contribution >= 4 is 57.3 Å². The van der Waals surface area contributed by atoms with Gasteiger partial charge < -0.3 is 25.0 Å². The highest BCUT2D eigenvalue weighted by Gasteiger charge is 2.27. The molecular formula is C26H35I2N3O4. The van der Waals surface area contributed by atoms with Crippen LogP contribution in [0.1, 0.15) is 49.0 Å². The molecule has 0 fully saturated rings. The quantitative estimate of drug-likeness (QED) is 0.0641. The smallest absolute Gasteiger partial charge is 0.258 e. The van der Waals surface area contributed by atoms with E-state index >= 15 is 0 Å². The molecule has 2 rings (SSSR count). The Morgan fingerprint density at radius 1 is 0.971 bits per heavy atom. The second-order valence-corrected chi connectivity index (χ2v) is 9.95. The fraction of sp³-hybridized carbons (Fsp3) is 0.462. The van der Waals surface area contributed by atoms with Crippen molar-refractivity contribution in [3.8, 4) is 17.2 Å². The van der Waals surface area contributed by atoms with E-state index in [0.717, 1.165) is 39.4 Å². The van der Waals surface area contributed by atoms with Crippen LogP contribution in [0.15, 0.2) is 47.6 Å². The molecule has 2 atom stereocenters. The third kappa shape index (κ3) is 9.32. The van der Waals surface area contributed by atoms with E-state index in [1.54, 1.807) is 19.4 Å². The Morgan fingerprint density at radius 3 is 2.09 bits per heavy atom. The number of carbonyl (C=O) groups excluding carboxylic acids is 1. The number of nitrogens with zero attached hydrogens (tertiary/aromatic N) is 2. The van der Waals surface area contributed by atoms with Crippen LogP contribution in [-0.2, 0) is 0 Å². The van der Waals surface area contributed by atoms with Crippen LogP contribution in [0, 0.1) is 0 Å². The standard InChI is InChI=1S/C26H35I2N3O4/c1-19(16-27)31(20(2)17-28)26(32)24-12-11-23(15-25(24)33-3)35-14-6-4-5-13-34-22-9-7-21(8-10-22)18-30-29/h7-12,15,18-20H,4-6,13-14,16-17,29H2,1-3H3. The second-order valence-electron chi connectivity index (χ2n) is 8.19. The van der Waals surface area contributed by atoms with Crippen molar-refractivity contribution < 1.29 is 19.0 Å². The van der Waals surface area contributed by atoms with E-state index in [-0.39, 0.29) is 18.0 Å². The van der Waals surface area contributed by atoms with Crippen molar-refractivity contribution in [2.45, 2.75) is 45.2 Å². The number of ether oxygens (including phenoxy) is 3. The molecule has 2 unspecified atom stereocenters. The number of hydrogen-bond acceptors (Lipinski definition) is 6. The predicted octanol–water partition coefficient (Wildman–Crippen LogP) is 5.71. The van der Waals surface area contributed by atoms with Crippen molar-refractivity contribution in [1.29, 1.82) is 0 Å². The van der Waals surface area contributed by atoms with Crippen molar-refractivity contribution in [2.24, 2.45) is 10.9 Å². The maximum absolute atomic E-state index is 13.3. The Balaban J connectivity index is 1.81. The first kappa shape index (κ1) is 29.5. The number of benzene rings is 2. The van der Waals surface area contributed by atoms with Gasteiger partial charge in [-0.3, -0.25) is 4.79 Å². The van der Waals surface area contributed by atoms with Gasteiger partial charge in [-0.2, -0.15) is 5.10 Å². The number of hydrazone groups is 1. The van der Waals surface area contributed by atoms with Crippen LogP contribution >= 0.6 is 45.2 Å².